The van der Waals surface area contributed by atoms with Gasteiger partial charge in [0, 0.05) is 26.1 Å². The molecule has 0 radical (unpaired) electrons. The molecule has 1 aliphatic heterocycles. The fourth-order valence-electron chi connectivity index (χ4n) is 3.56. The largest absolute Gasteiger partial charge is 0.381 e. The number of methoxy groups -OCH3 is 1. The summed E-state index contributed by atoms with van der Waals surface area (Å²) in [4.78, 5) is 14.8. The van der Waals surface area contributed by atoms with Gasteiger partial charge >= 0.3 is 0 Å². The molecule has 2 heterocycles. The molecule has 1 aliphatic rings. The maximum absolute atomic E-state index is 12.9. The topological polar surface area (TPSA) is 55.6 Å². The van der Waals surface area contributed by atoms with Crippen molar-refractivity contribution in [2.24, 2.45) is 5.92 Å². The molecule has 1 fully saturated rings. The van der Waals surface area contributed by atoms with Gasteiger partial charge in [-0.1, -0.05) is 35.5 Å². The summed E-state index contributed by atoms with van der Waals surface area (Å²) in [6.07, 6.45) is 1.94. The first-order chi connectivity index (χ1) is 11.6. The average molecular weight is 328 g/mol. The lowest BCUT2D eigenvalue weighted by Gasteiger charge is -2.38. The minimum Gasteiger partial charge on any atom is -0.381 e. The number of carbonyl (C=O) groups is 1. The Hall–Kier alpha value is -2.14. The Bertz CT molecular complexity index is 676. The van der Waals surface area contributed by atoms with Crippen molar-refractivity contribution in [3.05, 3.63) is 52.9 Å². The summed E-state index contributed by atoms with van der Waals surface area (Å²) < 4.78 is 10.8. The molecule has 2 aromatic rings. The summed E-state index contributed by atoms with van der Waals surface area (Å²) >= 11 is 0. The van der Waals surface area contributed by atoms with Gasteiger partial charge < -0.3 is 14.2 Å². The maximum Gasteiger partial charge on any atom is 0.259 e. The van der Waals surface area contributed by atoms with Gasteiger partial charge in [-0.2, -0.15) is 0 Å². The van der Waals surface area contributed by atoms with Crippen LogP contribution in [0.2, 0.25) is 0 Å². The van der Waals surface area contributed by atoms with E-state index in [1.54, 1.807) is 14.0 Å². The summed E-state index contributed by atoms with van der Waals surface area (Å²) in [5, 5.41) is 3.90. The molecule has 0 N–H and O–H groups in total. The minimum atomic E-state index is 0.0128. The number of aryl methyl sites for hydroxylation is 2. The fourth-order valence-corrected chi connectivity index (χ4v) is 3.56. The van der Waals surface area contributed by atoms with Crippen molar-refractivity contribution in [1.29, 1.82) is 0 Å². The Kier molecular flexibility index (Phi) is 5.00. The first-order valence-electron chi connectivity index (χ1n) is 8.39. The molecule has 1 saturated heterocycles. The van der Waals surface area contributed by atoms with Gasteiger partial charge in [-0.15, -0.1) is 0 Å². The van der Waals surface area contributed by atoms with E-state index in [4.69, 9.17) is 9.26 Å². The predicted molar refractivity (Wildman–Crippen MR) is 90.9 cm³/mol. The van der Waals surface area contributed by atoms with Crippen LogP contribution in [0.1, 0.15) is 33.8 Å². The average Bonchev–Trinajstić information content (AvgIpc) is 2.94. The van der Waals surface area contributed by atoms with E-state index in [0.29, 0.717) is 30.1 Å². The van der Waals surface area contributed by atoms with E-state index >= 15 is 0 Å². The smallest absolute Gasteiger partial charge is 0.259 e. The summed E-state index contributed by atoms with van der Waals surface area (Å²) in [5.74, 6) is 0.889. The number of hydrogen-bond acceptors (Lipinski definition) is 4. The number of amides is 1. The molecule has 0 aliphatic carbocycles. The molecule has 0 saturated carbocycles. The van der Waals surface area contributed by atoms with Crippen molar-refractivity contribution >= 4 is 5.91 Å². The summed E-state index contributed by atoms with van der Waals surface area (Å²) in [6.45, 7) is 4.99. The van der Waals surface area contributed by atoms with Crippen molar-refractivity contribution in [3.8, 4) is 0 Å². The highest BCUT2D eigenvalue weighted by Crippen LogP contribution is 2.26. The number of rotatable bonds is 4. The van der Waals surface area contributed by atoms with Crippen LogP contribution < -0.4 is 0 Å². The number of likely N-dealkylation sites (tertiary alicyclic amines) is 1. The van der Waals surface area contributed by atoms with Crippen molar-refractivity contribution in [2.45, 2.75) is 32.8 Å². The second-order valence-corrected chi connectivity index (χ2v) is 6.46. The molecular weight excluding hydrogens is 304 g/mol. The van der Waals surface area contributed by atoms with Gasteiger partial charge in [-0.25, -0.2) is 0 Å². The number of carbonyl (C=O) groups excluding carboxylic acids is 1. The van der Waals surface area contributed by atoms with E-state index < -0.39 is 0 Å². The number of benzene rings is 1. The lowest BCUT2D eigenvalue weighted by atomic mass is 9.88. The highest BCUT2D eigenvalue weighted by molar-refractivity contribution is 5.96. The normalized spacial score (nSPS) is 21.0. The highest BCUT2D eigenvalue weighted by atomic mass is 16.5. The number of hydrogen-bond donors (Lipinski definition) is 0. The Morgan fingerprint density at radius 3 is 2.71 bits per heavy atom. The Morgan fingerprint density at radius 1 is 1.33 bits per heavy atom. The molecular formula is C19H24N2O3. The van der Waals surface area contributed by atoms with Gasteiger partial charge in [-0.3, -0.25) is 4.79 Å². The van der Waals surface area contributed by atoms with E-state index in [2.05, 4.69) is 17.3 Å². The molecule has 1 aromatic carbocycles. The molecule has 128 valence electrons. The van der Waals surface area contributed by atoms with Crippen LogP contribution in [-0.4, -0.2) is 42.3 Å². The van der Waals surface area contributed by atoms with Crippen LogP contribution in [-0.2, 0) is 11.2 Å². The van der Waals surface area contributed by atoms with Crippen LogP contribution in [0.25, 0.3) is 0 Å². The van der Waals surface area contributed by atoms with Crippen molar-refractivity contribution in [1.82, 2.24) is 10.1 Å². The van der Waals surface area contributed by atoms with Crippen molar-refractivity contribution < 1.29 is 14.1 Å². The second-order valence-electron chi connectivity index (χ2n) is 6.46. The number of piperidine rings is 1. The summed E-state index contributed by atoms with van der Waals surface area (Å²) in [5.41, 5.74) is 2.53. The molecule has 5 nitrogen and oxygen atoms in total. The standard InChI is InChI=1S/C19H24N2O3/c1-13-18(14(2)24-20-13)19(22)21-10-9-17(23-3)16(12-21)11-15-7-5-4-6-8-15/h4-8,16-17H,9-12H2,1-3H3/t16-,17-/m0/s1. The van der Waals surface area contributed by atoms with Gasteiger partial charge in [0.05, 0.1) is 11.8 Å². The molecule has 0 bridgehead atoms. The molecule has 1 aromatic heterocycles. The van der Waals surface area contributed by atoms with E-state index in [9.17, 15) is 4.79 Å². The fraction of sp³-hybridized carbons (Fsp3) is 0.474. The highest BCUT2D eigenvalue weighted by Gasteiger charge is 2.33. The molecule has 2 atom stereocenters. The van der Waals surface area contributed by atoms with Gasteiger partial charge in [0.2, 0.25) is 0 Å². The van der Waals surface area contributed by atoms with Crippen LogP contribution in [0.15, 0.2) is 34.9 Å². The first-order valence-corrected chi connectivity index (χ1v) is 8.39. The third kappa shape index (κ3) is 3.36. The van der Waals surface area contributed by atoms with E-state index in [0.717, 1.165) is 12.8 Å². The predicted octanol–water partition coefficient (Wildman–Crippen LogP) is 3.01. The van der Waals surface area contributed by atoms with Crippen LogP contribution in [0.4, 0.5) is 0 Å². The monoisotopic (exact) mass is 328 g/mol. The third-order valence-corrected chi connectivity index (χ3v) is 4.84. The van der Waals surface area contributed by atoms with Crippen molar-refractivity contribution in [3.63, 3.8) is 0 Å². The quantitative estimate of drug-likeness (QED) is 0.866. The lowest BCUT2D eigenvalue weighted by molar-refractivity contribution is -0.00305. The molecule has 24 heavy (non-hydrogen) atoms. The molecule has 0 unspecified atom stereocenters. The number of ether oxygens (including phenoxy) is 1. The summed E-state index contributed by atoms with van der Waals surface area (Å²) in [7, 11) is 1.76. The van der Waals surface area contributed by atoms with Gasteiger partial charge in [-0.05, 0) is 32.3 Å². The zero-order valence-corrected chi connectivity index (χ0v) is 14.5. The minimum absolute atomic E-state index is 0.0128. The van der Waals surface area contributed by atoms with Gasteiger partial charge in [0.25, 0.3) is 5.91 Å². The van der Waals surface area contributed by atoms with E-state index in [-0.39, 0.29) is 17.9 Å². The molecule has 5 heteroatoms. The Labute approximate surface area is 142 Å². The van der Waals surface area contributed by atoms with E-state index in [1.807, 2.05) is 30.0 Å². The van der Waals surface area contributed by atoms with Crippen LogP contribution in [0, 0.1) is 19.8 Å². The molecule has 0 spiro atoms. The van der Waals surface area contributed by atoms with E-state index in [1.165, 1.54) is 5.56 Å². The summed E-state index contributed by atoms with van der Waals surface area (Å²) in [6, 6.07) is 10.4. The van der Waals surface area contributed by atoms with Gasteiger partial charge in [0.1, 0.15) is 11.3 Å². The SMILES string of the molecule is CO[C@H]1CCN(C(=O)c2c(C)noc2C)C[C@@H]1Cc1ccccc1. The van der Waals surface area contributed by atoms with Gasteiger partial charge in [0.15, 0.2) is 0 Å². The third-order valence-electron chi connectivity index (χ3n) is 4.84. The Balaban J connectivity index is 1.76. The second kappa shape index (κ2) is 7.18. The van der Waals surface area contributed by atoms with Crippen LogP contribution in [0.3, 0.4) is 0 Å². The molecule has 3 rings (SSSR count). The zero-order valence-electron chi connectivity index (χ0n) is 14.5. The molecule has 1 amide bonds. The van der Waals surface area contributed by atoms with Crippen LogP contribution >= 0.6 is 0 Å². The first kappa shape index (κ1) is 16.7. The van der Waals surface area contributed by atoms with Crippen LogP contribution in [0.5, 0.6) is 0 Å². The lowest BCUT2D eigenvalue weighted by Crippen LogP contribution is -2.47. The maximum atomic E-state index is 12.9. The zero-order chi connectivity index (χ0) is 17.1. The Morgan fingerprint density at radius 2 is 2.08 bits per heavy atom. The van der Waals surface area contributed by atoms with Crippen molar-refractivity contribution in [2.75, 3.05) is 20.2 Å². The number of nitrogens with zero attached hydrogens (tertiary/aromatic N) is 2. The number of aromatic nitrogens is 1.